The van der Waals surface area contributed by atoms with Crippen molar-refractivity contribution in [1.82, 2.24) is 0 Å². The predicted octanol–water partition coefficient (Wildman–Crippen LogP) is 5.72. The predicted molar refractivity (Wildman–Crippen MR) is 194 cm³/mol. The molecule has 53 heavy (non-hydrogen) atoms. The van der Waals surface area contributed by atoms with Crippen LogP contribution in [0, 0.1) is 18.8 Å². The maximum absolute atomic E-state index is 13.3. The number of carbonyl (C=O) groups is 3. The fourth-order valence-electron chi connectivity index (χ4n) is 5.18. The van der Waals surface area contributed by atoms with Crippen LogP contribution in [0.1, 0.15) is 43.0 Å². The van der Waals surface area contributed by atoms with E-state index in [0.29, 0.717) is 11.1 Å². The Bertz CT molecular complexity index is 1940. The molecule has 4 aromatic carbocycles. The van der Waals surface area contributed by atoms with Crippen molar-refractivity contribution in [3.8, 4) is 11.8 Å². The van der Waals surface area contributed by atoms with E-state index in [-0.39, 0.29) is 18.1 Å². The van der Waals surface area contributed by atoms with Gasteiger partial charge in [-0.1, -0.05) is 108 Å². The summed E-state index contributed by atoms with van der Waals surface area (Å²) in [5, 5.41) is 0. The maximum Gasteiger partial charge on any atom is 0.303 e. The summed E-state index contributed by atoms with van der Waals surface area (Å²) < 4.78 is 62.1. The summed E-state index contributed by atoms with van der Waals surface area (Å²) in [7, 11) is -4.38. The Morgan fingerprint density at radius 3 is 1.62 bits per heavy atom. The van der Waals surface area contributed by atoms with Crippen LogP contribution in [0.3, 0.4) is 0 Å². The van der Waals surface area contributed by atoms with Crippen LogP contribution in [0.15, 0.2) is 120 Å². The highest BCUT2D eigenvalue weighted by Gasteiger charge is 2.46. The largest absolute Gasteiger partial charge is 0.457 e. The average Bonchev–Trinajstić information content (AvgIpc) is 3.13. The van der Waals surface area contributed by atoms with E-state index in [1.807, 2.05) is 42.5 Å². The first kappa shape index (κ1) is 40.5. The van der Waals surface area contributed by atoms with Gasteiger partial charge in [-0.3, -0.25) is 18.6 Å². The molecule has 0 aliphatic carbocycles. The Morgan fingerprint density at radius 1 is 0.604 bits per heavy atom. The normalized spacial score (nSPS) is 14.0. The fourth-order valence-corrected chi connectivity index (χ4v) is 6.10. The van der Waals surface area contributed by atoms with Gasteiger partial charge in [0, 0.05) is 26.3 Å². The number of aryl methyl sites for hydroxylation is 1. The minimum atomic E-state index is -4.38. The SMILES string of the molecule is CC(=O)O[C@H]([C@H](OC(C)=O)[C@H](C#Cc1ccccc1)OCc1ccccc1)[C@H](OCc1ccccc1)[C@@H](COS(=O)(=O)c1ccc(C)cc1)OC(C)=O. The zero-order valence-electron chi connectivity index (χ0n) is 29.9. The molecule has 0 spiro atoms. The molecule has 11 nitrogen and oxygen atoms in total. The molecule has 0 fully saturated rings. The lowest BCUT2D eigenvalue weighted by Crippen LogP contribution is -2.55. The van der Waals surface area contributed by atoms with Gasteiger partial charge >= 0.3 is 17.9 Å². The Labute approximate surface area is 310 Å². The molecule has 4 rings (SSSR count). The van der Waals surface area contributed by atoms with E-state index in [1.54, 1.807) is 67.6 Å². The van der Waals surface area contributed by atoms with Crippen molar-refractivity contribution < 1.29 is 50.7 Å². The van der Waals surface area contributed by atoms with Crippen molar-refractivity contribution in [3.63, 3.8) is 0 Å². The van der Waals surface area contributed by atoms with Crippen LogP contribution in [0.5, 0.6) is 0 Å². The van der Waals surface area contributed by atoms with E-state index in [1.165, 1.54) is 12.1 Å². The van der Waals surface area contributed by atoms with Crippen molar-refractivity contribution in [2.75, 3.05) is 6.61 Å². The van der Waals surface area contributed by atoms with Crippen LogP contribution in [0.4, 0.5) is 0 Å². The summed E-state index contributed by atoms with van der Waals surface area (Å²) in [6.07, 6.45) is -7.37. The Balaban J connectivity index is 1.83. The van der Waals surface area contributed by atoms with E-state index in [0.717, 1.165) is 31.9 Å². The fraction of sp³-hybridized carbons (Fsp3) is 0.293. The van der Waals surface area contributed by atoms with Gasteiger partial charge in [0.1, 0.15) is 12.7 Å². The maximum atomic E-state index is 13.3. The summed E-state index contributed by atoms with van der Waals surface area (Å²) in [6.45, 7) is 4.36. The van der Waals surface area contributed by atoms with E-state index < -0.39 is 65.2 Å². The Kier molecular flexibility index (Phi) is 15.3. The molecule has 4 aromatic rings. The van der Waals surface area contributed by atoms with Crippen LogP contribution in [-0.2, 0) is 65.6 Å². The van der Waals surface area contributed by atoms with Gasteiger partial charge < -0.3 is 23.7 Å². The number of carbonyl (C=O) groups excluding carboxylic acids is 3. The Hall–Kier alpha value is -5.32. The lowest BCUT2D eigenvalue weighted by atomic mass is 9.97. The summed E-state index contributed by atoms with van der Waals surface area (Å²) >= 11 is 0. The van der Waals surface area contributed by atoms with Crippen LogP contribution in [-0.4, -0.2) is 63.5 Å². The molecule has 12 heteroatoms. The van der Waals surface area contributed by atoms with E-state index >= 15 is 0 Å². The second kappa shape index (κ2) is 20.1. The second-order valence-corrected chi connectivity index (χ2v) is 13.6. The molecule has 0 aromatic heterocycles. The first-order chi connectivity index (χ1) is 25.4. The zero-order chi connectivity index (χ0) is 38.2. The van der Waals surface area contributed by atoms with Crippen molar-refractivity contribution in [3.05, 3.63) is 138 Å². The van der Waals surface area contributed by atoms with E-state index in [2.05, 4.69) is 11.8 Å². The number of ether oxygens (including phenoxy) is 5. The van der Waals surface area contributed by atoms with Crippen LogP contribution < -0.4 is 0 Å². The molecule has 0 heterocycles. The van der Waals surface area contributed by atoms with Gasteiger partial charge in [0.05, 0.1) is 18.1 Å². The first-order valence-electron chi connectivity index (χ1n) is 16.8. The molecule has 5 atom stereocenters. The van der Waals surface area contributed by atoms with Gasteiger partial charge in [0.25, 0.3) is 10.1 Å². The highest BCUT2D eigenvalue weighted by molar-refractivity contribution is 7.86. The van der Waals surface area contributed by atoms with Crippen molar-refractivity contribution in [2.24, 2.45) is 0 Å². The van der Waals surface area contributed by atoms with Crippen LogP contribution in [0.2, 0.25) is 0 Å². The summed E-state index contributed by atoms with van der Waals surface area (Å²) in [6, 6.07) is 33.1. The number of rotatable bonds is 17. The smallest absolute Gasteiger partial charge is 0.303 e. The highest BCUT2D eigenvalue weighted by atomic mass is 32.2. The number of esters is 3. The molecule has 0 N–H and O–H groups in total. The van der Waals surface area contributed by atoms with Gasteiger partial charge in [-0.25, -0.2) is 0 Å². The lowest BCUT2D eigenvalue weighted by molar-refractivity contribution is -0.208. The van der Waals surface area contributed by atoms with Gasteiger partial charge in [-0.15, -0.1) is 0 Å². The molecule has 0 unspecified atom stereocenters. The summed E-state index contributed by atoms with van der Waals surface area (Å²) in [5.74, 6) is 3.66. The van der Waals surface area contributed by atoms with Crippen molar-refractivity contribution >= 4 is 28.0 Å². The monoisotopic (exact) mass is 742 g/mol. The third kappa shape index (κ3) is 13.3. The molecule has 0 amide bonds. The average molecular weight is 743 g/mol. The molecule has 0 aliphatic rings. The van der Waals surface area contributed by atoms with Gasteiger partial charge in [0.15, 0.2) is 24.4 Å². The quantitative estimate of drug-likeness (QED) is 0.0568. The standard InChI is InChI=1S/C41H42O11S/c1-29-20-23-36(24-21-29)53(45,46)49-28-38(50-30(2)42)39(48-27-35-18-12-7-13-19-35)41(52-32(4)44)40(51-31(3)43)37(25-22-33-14-8-5-9-15-33)47-26-34-16-10-6-11-17-34/h5-21,23-24,37-41H,26-28H2,1-4H3/t37-,38+,39+,40+,41-/m0/s1. The van der Waals surface area contributed by atoms with Gasteiger partial charge in [-0.05, 0) is 42.3 Å². The van der Waals surface area contributed by atoms with Gasteiger partial charge in [0.2, 0.25) is 0 Å². The zero-order valence-corrected chi connectivity index (χ0v) is 30.7. The Morgan fingerprint density at radius 2 is 1.09 bits per heavy atom. The molecular formula is C41H42O11S. The number of benzene rings is 4. The minimum Gasteiger partial charge on any atom is -0.457 e. The molecule has 0 aliphatic heterocycles. The highest BCUT2D eigenvalue weighted by Crippen LogP contribution is 2.26. The van der Waals surface area contributed by atoms with Crippen LogP contribution in [0.25, 0.3) is 0 Å². The summed E-state index contributed by atoms with van der Waals surface area (Å²) in [5.41, 5.74) is 2.90. The molecular weight excluding hydrogens is 701 g/mol. The van der Waals surface area contributed by atoms with Crippen LogP contribution >= 0.6 is 0 Å². The lowest BCUT2D eigenvalue weighted by Gasteiger charge is -2.37. The third-order valence-corrected chi connectivity index (χ3v) is 8.92. The minimum absolute atomic E-state index is 0.0142. The third-order valence-electron chi connectivity index (χ3n) is 7.62. The van der Waals surface area contributed by atoms with E-state index in [4.69, 9.17) is 27.9 Å². The van der Waals surface area contributed by atoms with E-state index in [9.17, 15) is 22.8 Å². The summed E-state index contributed by atoms with van der Waals surface area (Å²) in [4.78, 5) is 38.1. The molecule has 0 radical (unpaired) electrons. The number of hydrogen-bond acceptors (Lipinski definition) is 11. The van der Waals surface area contributed by atoms with Crippen molar-refractivity contribution in [1.29, 1.82) is 0 Å². The van der Waals surface area contributed by atoms with Crippen molar-refractivity contribution in [2.45, 2.75) is 76.3 Å². The topological polar surface area (TPSA) is 141 Å². The molecule has 0 bridgehead atoms. The van der Waals surface area contributed by atoms with Gasteiger partial charge in [-0.2, -0.15) is 8.42 Å². The molecule has 278 valence electrons. The molecule has 0 saturated heterocycles. The first-order valence-corrected chi connectivity index (χ1v) is 18.2. The molecule has 0 saturated carbocycles. The number of hydrogen-bond donors (Lipinski definition) is 0. The second-order valence-electron chi connectivity index (χ2n) is 12.0.